The maximum Gasteiger partial charge on any atom is 0.223 e. The first-order valence-corrected chi connectivity index (χ1v) is 6.71. The molecule has 5 nitrogen and oxygen atoms in total. The van der Waals surface area contributed by atoms with Gasteiger partial charge in [-0.05, 0) is 11.4 Å². The number of hydrogen-bond acceptors (Lipinski definition) is 7. The Kier molecular flexibility index (Phi) is 2.62. The van der Waals surface area contributed by atoms with Gasteiger partial charge in [-0.25, -0.2) is 4.98 Å². The van der Waals surface area contributed by atoms with E-state index in [9.17, 15) is 0 Å². The van der Waals surface area contributed by atoms with E-state index < -0.39 is 0 Å². The third kappa shape index (κ3) is 2.06. The summed E-state index contributed by atoms with van der Waals surface area (Å²) in [5.41, 5.74) is 7.48. The Balaban J connectivity index is 1.91. The molecule has 0 aliphatic rings. The number of rotatable bonds is 3. The summed E-state index contributed by atoms with van der Waals surface area (Å²) in [6, 6.07) is 1.99. The van der Waals surface area contributed by atoms with Crippen molar-refractivity contribution in [1.82, 2.24) is 15.0 Å². The summed E-state index contributed by atoms with van der Waals surface area (Å²) in [4.78, 5) is 14.5. The van der Waals surface area contributed by atoms with Gasteiger partial charge in [-0.2, -0.15) is 4.98 Å². The Morgan fingerprint density at radius 1 is 1.29 bits per heavy atom. The fourth-order valence-electron chi connectivity index (χ4n) is 1.51. The molecule has 3 heterocycles. The van der Waals surface area contributed by atoms with E-state index in [1.54, 1.807) is 22.7 Å². The van der Waals surface area contributed by atoms with Crippen molar-refractivity contribution in [3.8, 4) is 0 Å². The molecule has 0 aliphatic heterocycles. The molecule has 0 aliphatic carbocycles. The summed E-state index contributed by atoms with van der Waals surface area (Å²) in [7, 11) is 0. The molecule has 0 fully saturated rings. The molecule has 0 saturated carbocycles. The molecular weight excluding hydrogens is 254 g/mol. The highest BCUT2D eigenvalue weighted by molar-refractivity contribution is 7.16. The minimum atomic E-state index is 0.298. The van der Waals surface area contributed by atoms with Gasteiger partial charge in [0.1, 0.15) is 10.6 Å². The normalized spacial score (nSPS) is 10.8. The Morgan fingerprint density at radius 3 is 3.06 bits per heavy atom. The summed E-state index contributed by atoms with van der Waals surface area (Å²) in [5, 5.41) is 6.25. The second-order valence-corrected chi connectivity index (χ2v) is 5.26. The van der Waals surface area contributed by atoms with Crippen LogP contribution in [0.2, 0.25) is 0 Å². The summed E-state index contributed by atoms with van der Waals surface area (Å²) < 4.78 is 0. The molecule has 17 heavy (non-hydrogen) atoms. The molecule has 0 bridgehead atoms. The van der Waals surface area contributed by atoms with Crippen LogP contribution in [-0.2, 0) is 6.54 Å². The summed E-state index contributed by atoms with van der Waals surface area (Å²) in [6.07, 6.45) is 1.84. The Bertz CT molecular complexity index is 631. The van der Waals surface area contributed by atoms with Crippen molar-refractivity contribution in [3.05, 3.63) is 28.0 Å². The predicted octanol–water partition coefficient (Wildman–Crippen LogP) is 2.34. The van der Waals surface area contributed by atoms with Gasteiger partial charge in [0.05, 0.1) is 17.4 Å². The van der Waals surface area contributed by atoms with Crippen molar-refractivity contribution in [2.75, 3.05) is 11.1 Å². The molecule has 0 radical (unpaired) electrons. The zero-order valence-electron chi connectivity index (χ0n) is 8.75. The quantitative estimate of drug-likeness (QED) is 0.758. The molecular formula is C10H9N5S2. The highest BCUT2D eigenvalue weighted by Gasteiger charge is 2.07. The topological polar surface area (TPSA) is 76.7 Å². The van der Waals surface area contributed by atoms with Crippen LogP contribution in [0.4, 0.5) is 11.8 Å². The lowest BCUT2D eigenvalue weighted by Gasteiger charge is -2.05. The van der Waals surface area contributed by atoms with E-state index in [-0.39, 0.29) is 0 Å². The van der Waals surface area contributed by atoms with Crippen molar-refractivity contribution in [1.29, 1.82) is 0 Å². The molecule has 0 unspecified atom stereocenters. The standard InChI is InChI=1S/C10H9N5S2/c11-10-14-8(7-1-2-16-9(7)15-10)13-4-6-3-12-5-17-6/h1-3,5H,4H2,(H3,11,13,14,15). The van der Waals surface area contributed by atoms with Crippen LogP contribution in [0, 0.1) is 0 Å². The maximum absolute atomic E-state index is 5.67. The number of hydrogen-bond donors (Lipinski definition) is 2. The minimum absolute atomic E-state index is 0.298. The van der Waals surface area contributed by atoms with Crippen molar-refractivity contribution >= 4 is 44.7 Å². The zero-order chi connectivity index (χ0) is 11.7. The van der Waals surface area contributed by atoms with Crippen molar-refractivity contribution in [2.45, 2.75) is 6.54 Å². The maximum atomic E-state index is 5.67. The predicted molar refractivity (Wildman–Crippen MR) is 71.3 cm³/mol. The Morgan fingerprint density at radius 2 is 2.24 bits per heavy atom. The summed E-state index contributed by atoms with van der Waals surface area (Å²) >= 11 is 3.17. The van der Waals surface area contributed by atoms with E-state index in [1.165, 1.54) is 0 Å². The average Bonchev–Trinajstić information content (AvgIpc) is 2.95. The lowest BCUT2D eigenvalue weighted by Crippen LogP contribution is -2.03. The van der Waals surface area contributed by atoms with Crippen molar-refractivity contribution in [2.24, 2.45) is 0 Å². The highest BCUT2D eigenvalue weighted by atomic mass is 32.1. The van der Waals surface area contributed by atoms with Gasteiger partial charge in [0.2, 0.25) is 5.95 Å². The molecule has 3 aromatic rings. The van der Waals surface area contributed by atoms with Crippen molar-refractivity contribution < 1.29 is 0 Å². The van der Waals surface area contributed by atoms with Gasteiger partial charge in [0.25, 0.3) is 0 Å². The fraction of sp³-hybridized carbons (Fsp3) is 0.100. The van der Waals surface area contributed by atoms with Crippen LogP contribution in [0.1, 0.15) is 4.88 Å². The lowest BCUT2D eigenvalue weighted by atomic mass is 10.3. The second-order valence-electron chi connectivity index (χ2n) is 3.39. The molecule has 86 valence electrons. The first-order valence-electron chi connectivity index (χ1n) is 4.95. The molecule has 0 amide bonds. The smallest absolute Gasteiger partial charge is 0.223 e. The van der Waals surface area contributed by atoms with Crippen LogP contribution in [-0.4, -0.2) is 15.0 Å². The van der Waals surface area contributed by atoms with E-state index in [0.29, 0.717) is 12.5 Å². The number of nitrogens with zero attached hydrogens (tertiary/aromatic N) is 3. The summed E-state index contributed by atoms with van der Waals surface area (Å²) in [6.45, 7) is 0.700. The third-order valence-electron chi connectivity index (χ3n) is 2.26. The van der Waals surface area contributed by atoms with Gasteiger partial charge in [0, 0.05) is 11.1 Å². The number of thiophene rings is 1. The van der Waals surface area contributed by atoms with E-state index >= 15 is 0 Å². The number of fused-ring (bicyclic) bond motifs is 1. The third-order valence-corrected chi connectivity index (χ3v) is 3.84. The van der Waals surface area contributed by atoms with Crippen LogP contribution in [0.5, 0.6) is 0 Å². The lowest BCUT2D eigenvalue weighted by molar-refractivity contribution is 1.13. The SMILES string of the molecule is Nc1nc(NCc2cncs2)c2ccsc2n1. The van der Waals surface area contributed by atoms with Gasteiger partial charge in [-0.1, -0.05) is 0 Å². The van der Waals surface area contributed by atoms with Crippen molar-refractivity contribution in [3.63, 3.8) is 0 Å². The Labute approximate surface area is 105 Å². The van der Waals surface area contributed by atoms with Gasteiger partial charge < -0.3 is 11.1 Å². The minimum Gasteiger partial charge on any atom is -0.368 e. The van der Waals surface area contributed by atoms with Gasteiger partial charge in [-0.15, -0.1) is 22.7 Å². The van der Waals surface area contributed by atoms with E-state index in [4.69, 9.17) is 5.73 Å². The molecule has 0 atom stereocenters. The second kappa shape index (κ2) is 4.27. The van der Waals surface area contributed by atoms with Gasteiger partial charge in [0.15, 0.2) is 0 Å². The Hall–Kier alpha value is -1.73. The molecule has 3 rings (SSSR count). The number of aromatic nitrogens is 3. The van der Waals surface area contributed by atoms with Crippen LogP contribution in [0.15, 0.2) is 23.2 Å². The number of nitrogens with two attached hydrogens (primary N) is 1. The first kappa shape index (κ1) is 10.4. The monoisotopic (exact) mass is 263 g/mol. The zero-order valence-corrected chi connectivity index (χ0v) is 10.4. The van der Waals surface area contributed by atoms with Crippen LogP contribution in [0.25, 0.3) is 10.2 Å². The van der Waals surface area contributed by atoms with Crippen LogP contribution >= 0.6 is 22.7 Å². The van der Waals surface area contributed by atoms with Gasteiger partial charge >= 0.3 is 0 Å². The van der Waals surface area contributed by atoms with Gasteiger partial charge in [-0.3, -0.25) is 4.98 Å². The van der Waals surface area contributed by atoms with Crippen LogP contribution in [0.3, 0.4) is 0 Å². The van der Waals surface area contributed by atoms with E-state index in [0.717, 1.165) is 20.9 Å². The number of anilines is 2. The fourth-order valence-corrected chi connectivity index (χ4v) is 2.81. The molecule has 3 N–H and O–H groups in total. The molecule has 0 spiro atoms. The summed E-state index contributed by atoms with van der Waals surface area (Å²) in [5.74, 6) is 1.08. The number of nitrogen functional groups attached to an aromatic ring is 1. The number of nitrogens with one attached hydrogen (secondary N) is 1. The van der Waals surface area contributed by atoms with E-state index in [2.05, 4.69) is 20.3 Å². The number of thiazole rings is 1. The largest absolute Gasteiger partial charge is 0.368 e. The molecule has 0 aromatic carbocycles. The first-order chi connectivity index (χ1) is 8.33. The molecule has 3 aromatic heterocycles. The highest BCUT2D eigenvalue weighted by Crippen LogP contribution is 2.26. The molecule has 7 heteroatoms. The van der Waals surface area contributed by atoms with E-state index in [1.807, 2.05) is 23.2 Å². The van der Waals surface area contributed by atoms with Crippen LogP contribution < -0.4 is 11.1 Å². The molecule has 0 saturated heterocycles. The average molecular weight is 263 g/mol.